The molecule has 0 spiro atoms. The molecule has 0 aliphatic heterocycles. The molecule has 0 bridgehead atoms. The number of hydrogen-bond donors (Lipinski definition) is 0. The standard InChI is InChI=1S/C29H38B.C8H20P/c1-5-6-7-8-9-10-23-30(27-17-11-24(2)12-18-27,28-19-13-25(3)14-20-28)29-21-15-26(4)16-22-29;1-5-9(6-2,7-3)8-4/h11-22H,5-10,23H2,1-4H3;5-8H2,1-4H3/q-1;+1. The predicted octanol–water partition coefficient (Wildman–Crippen LogP) is 9.53. The van der Waals surface area contributed by atoms with E-state index in [-0.39, 0.29) is 0 Å². The lowest BCUT2D eigenvalue weighted by atomic mass is 9.14. The second kappa shape index (κ2) is 17.1. The van der Waals surface area contributed by atoms with E-state index in [2.05, 4.69) is 128 Å². The smallest absolute Gasteiger partial charge is 0.0814 e. The Morgan fingerprint density at radius 3 is 1.03 bits per heavy atom. The van der Waals surface area contributed by atoms with E-state index < -0.39 is 13.4 Å². The molecule has 3 aromatic rings. The number of benzene rings is 3. The van der Waals surface area contributed by atoms with Gasteiger partial charge in [-0.25, -0.2) is 0 Å². The van der Waals surface area contributed by atoms with E-state index >= 15 is 0 Å². The third kappa shape index (κ3) is 9.35. The van der Waals surface area contributed by atoms with Crippen molar-refractivity contribution in [3.05, 3.63) is 89.5 Å². The molecule has 0 nitrogen and oxygen atoms in total. The molecule has 2 heteroatoms. The van der Waals surface area contributed by atoms with Gasteiger partial charge in [-0.2, -0.15) is 22.7 Å². The van der Waals surface area contributed by atoms with Crippen molar-refractivity contribution in [2.45, 2.75) is 100 Å². The highest BCUT2D eigenvalue weighted by Crippen LogP contribution is 2.57. The number of hydrogen-bond acceptors (Lipinski definition) is 0. The van der Waals surface area contributed by atoms with Crippen molar-refractivity contribution in [2.24, 2.45) is 0 Å². The van der Waals surface area contributed by atoms with Gasteiger partial charge in [0.05, 0.1) is 30.8 Å². The zero-order valence-corrected chi connectivity index (χ0v) is 27.6. The van der Waals surface area contributed by atoms with Gasteiger partial charge in [-0.3, -0.25) is 0 Å². The summed E-state index contributed by atoms with van der Waals surface area (Å²) in [5, 5.41) is 0. The highest BCUT2D eigenvalue weighted by atomic mass is 31.2. The molecule has 0 amide bonds. The van der Waals surface area contributed by atoms with Crippen molar-refractivity contribution >= 4 is 29.8 Å². The molecule has 0 saturated carbocycles. The Morgan fingerprint density at radius 1 is 0.436 bits per heavy atom. The first-order valence-corrected chi connectivity index (χ1v) is 18.6. The molecule has 0 unspecified atom stereocenters. The summed E-state index contributed by atoms with van der Waals surface area (Å²) >= 11 is 0. The first-order valence-electron chi connectivity index (χ1n) is 16.0. The lowest BCUT2D eigenvalue weighted by molar-refractivity contribution is 0.623. The summed E-state index contributed by atoms with van der Waals surface area (Å²) in [6, 6.07) is 28.0. The van der Waals surface area contributed by atoms with Gasteiger partial charge in [-0.05, 0) is 48.5 Å². The van der Waals surface area contributed by atoms with Crippen LogP contribution in [0.3, 0.4) is 0 Å². The predicted molar refractivity (Wildman–Crippen MR) is 185 cm³/mol. The van der Waals surface area contributed by atoms with Crippen LogP contribution in [0.25, 0.3) is 0 Å². The first-order chi connectivity index (χ1) is 18.8. The highest BCUT2D eigenvalue weighted by molar-refractivity contribution is 7.75. The quantitative estimate of drug-likeness (QED) is 0.108. The van der Waals surface area contributed by atoms with E-state index in [1.165, 1.54) is 103 Å². The molecule has 0 fully saturated rings. The Labute approximate surface area is 243 Å². The van der Waals surface area contributed by atoms with Gasteiger partial charge in [0.2, 0.25) is 0 Å². The van der Waals surface area contributed by atoms with Crippen LogP contribution in [0.4, 0.5) is 0 Å². The van der Waals surface area contributed by atoms with Crippen molar-refractivity contribution in [2.75, 3.05) is 24.6 Å². The molecule has 0 heterocycles. The molecule has 0 aromatic heterocycles. The zero-order valence-electron chi connectivity index (χ0n) is 26.7. The van der Waals surface area contributed by atoms with Crippen LogP contribution in [0.15, 0.2) is 72.8 Å². The van der Waals surface area contributed by atoms with Crippen molar-refractivity contribution in [1.29, 1.82) is 0 Å². The van der Waals surface area contributed by atoms with Crippen molar-refractivity contribution in [3.63, 3.8) is 0 Å². The number of aryl methyl sites for hydroxylation is 3. The topological polar surface area (TPSA) is 0 Å². The lowest BCUT2D eigenvalue weighted by Crippen LogP contribution is -2.67. The van der Waals surface area contributed by atoms with Crippen LogP contribution in [0.5, 0.6) is 0 Å². The zero-order chi connectivity index (χ0) is 28.7. The molecular weight excluding hydrogens is 486 g/mol. The minimum atomic E-state index is -0.981. The third-order valence-electron chi connectivity index (χ3n) is 9.61. The fourth-order valence-electron chi connectivity index (χ4n) is 6.33. The molecule has 0 saturated heterocycles. The van der Waals surface area contributed by atoms with E-state index in [9.17, 15) is 0 Å². The maximum Gasteiger partial charge on any atom is 0.0814 e. The van der Waals surface area contributed by atoms with E-state index in [0.29, 0.717) is 0 Å². The van der Waals surface area contributed by atoms with Gasteiger partial charge in [0.1, 0.15) is 0 Å². The highest BCUT2D eigenvalue weighted by Gasteiger charge is 2.29. The molecule has 0 aliphatic carbocycles. The van der Waals surface area contributed by atoms with Gasteiger partial charge >= 0.3 is 0 Å². The maximum absolute atomic E-state index is 2.38. The molecule has 0 radical (unpaired) electrons. The molecule has 214 valence electrons. The average molecular weight is 545 g/mol. The molecule has 3 aromatic carbocycles. The van der Waals surface area contributed by atoms with Crippen molar-refractivity contribution in [1.82, 2.24) is 0 Å². The normalized spacial score (nSPS) is 11.7. The summed E-state index contributed by atoms with van der Waals surface area (Å²) in [5.74, 6) is 0. The minimum Gasteiger partial charge on any atom is -0.200 e. The average Bonchev–Trinajstić information content (AvgIpc) is 2.96. The van der Waals surface area contributed by atoms with Gasteiger partial charge in [0.25, 0.3) is 0 Å². The maximum atomic E-state index is 2.38. The van der Waals surface area contributed by atoms with Crippen LogP contribution in [-0.4, -0.2) is 30.8 Å². The second-order valence-corrected chi connectivity index (χ2v) is 17.2. The molecule has 0 aliphatic rings. The Hall–Kier alpha value is -1.85. The summed E-state index contributed by atoms with van der Waals surface area (Å²) in [4.78, 5) is 0. The van der Waals surface area contributed by atoms with E-state index in [4.69, 9.17) is 0 Å². The molecule has 39 heavy (non-hydrogen) atoms. The lowest BCUT2D eigenvalue weighted by Gasteiger charge is -2.43. The fourth-order valence-corrected chi connectivity index (χ4v) is 9.02. The van der Waals surface area contributed by atoms with Crippen LogP contribution >= 0.6 is 7.26 Å². The second-order valence-electron chi connectivity index (χ2n) is 11.9. The molecular formula is C37H58BP. The Kier molecular flexibility index (Phi) is 14.6. The summed E-state index contributed by atoms with van der Waals surface area (Å²) < 4.78 is 0. The fraction of sp³-hybridized carbons (Fsp3) is 0.514. The van der Waals surface area contributed by atoms with Gasteiger partial charge in [-0.1, -0.05) is 135 Å². The van der Waals surface area contributed by atoms with Gasteiger partial charge in [0.15, 0.2) is 0 Å². The molecule has 3 rings (SSSR count). The van der Waals surface area contributed by atoms with E-state index in [1.807, 2.05) is 0 Å². The Morgan fingerprint density at radius 2 is 0.744 bits per heavy atom. The van der Waals surface area contributed by atoms with Crippen LogP contribution in [0.2, 0.25) is 6.32 Å². The summed E-state index contributed by atoms with van der Waals surface area (Å²) in [6.45, 7) is 18.3. The van der Waals surface area contributed by atoms with E-state index in [1.54, 1.807) is 0 Å². The van der Waals surface area contributed by atoms with Crippen molar-refractivity contribution < 1.29 is 0 Å². The number of rotatable bonds is 14. The monoisotopic (exact) mass is 544 g/mol. The molecule has 0 atom stereocenters. The summed E-state index contributed by atoms with van der Waals surface area (Å²) in [5.41, 5.74) is 8.41. The van der Waals surface area contributed by atoms with Crippen LogP contribution < -0.4 is 16.4 Å². The third-order valence-corrected chi connectivity index (χ3v) is 15.0. The van der Waals surface area contributed by atoms with Gasteiger partial charge in [-0.15, -0.1) is 0 Å². The summed E-state index contributed by atoms with van der Waals surface area (Å²) in [7, 11) is -0.420. The van der Waals surface area contributed by atoms with E-state index in [0.717, 1.165) is 0 Å². The van der Waals surface area contributed by atoms with Gasteiger partial charge < -0.3 is 0 Å². The minimum absolute atomic E-state index is 0.420. The van der Waals surface area contributed by atoms with Crippen LogP contribution in [0.1, 0.15) is 89.8 Å². The largest absolute Gasteiger partial charge is 0.200 e. The first kappa shape index (κ1) is 33.4. The number of unbranched alkanes of at least 4 members (excludes halogenated alkanes) is 5. The molecule has 0 N–H and O–H groups in total. The summed E-state index contributed by atoms with van der Waals surface area (Å²) in [6.07, 6.45) is 14.1. The van der Waals surface area contributed by atoms with Crippen LogP contribution in [-0.2, 0) is 0 Å². The van der Waals surface area contributed by atoms with Crippen LogP contribution in [0, 0.1) is 20.8 Å². The van der Waals surface area contributed by atoms with Crippen molar-refractivity contribution in [3.8, 4) is 0 Å². The Balaban J connectivity index is 0.000000510. The SMILES string of the molecule is CCCCCCCC[B-](c1ccc(C)cc1)(c1ccc(C)cc1)c1ccc(C)cc1.CC[P+](CC)(CC)CC. The van der Waals surface area contributed by atoms with Gasteiger partial charge in [0, 0.05) is 7.26 Å². The Bertz CT molecular complexity index is 918.